The van der Waals surface area contributed by atoms with E-state index >= 15 is 0 Å². The fourth-order valence-corrected chi connectivity index (χ4v) is 1.18. The van der Waals surface area contributed by atoms with Gasteiger partial charge in [0.05, 0.1) is 12.8 Å². The molecule has 0 radical (unpaired) electrons. The van der Waals surface area contributed by atoms with Crippen LogP contribution in [0.5, 0.6) is 0 Å². The molecule has 1 aromatic rings. The van der Waals surface area contributed by atoms with Gasteiger partial charge in [0, 0.05) is 6.54 Å². The van der Waals surface area contributed by atoms with Crippen molar-refractivity contribution >= 4 is 12.2 Å². The molecule has 0 unspecified atom stereocenters. The zero-order chi connectivity index (χ0) is 9.64. The lowest BCUT2D eigenvalue weighted by atomic mass is 10.2. The summed E-state index contributed by atoms with van der Waals surface area (Å²) in [6.45, 7) is 1.71. The van der Waals surface area contributed by atoms with Crippen molar-refractivity contribution in [1.82, 2.24) is 10.7 Å². The molecule has 0 saturated heterocycles. The largest absolute Gasteiger partial charge is 0.353 e. The Morgan fingerprint density at radius 2 is 2.21 bits per heavy atom. The van der Waals surface area contributed by atoms with Crippen molar-refractivity contribution < 1.29 is 0 Å². The first-order valence-electron chi connectivity index (χ1n) is 4.57. The molecule has 1 aromatic carbocycles. The van der Waals surface area contributed by atoms with Crippen molar-refractivity contribution in [3.8, 4) is 0 Å². The lowest BCUT2D eigenvalue weighted by Crippen LogP contribution is -2.30. The minimum atomic E-state index is 0.747. The molecule has 0 spiro atoms. The van der Waals surface area contributed by atoms with Gasteiger partial charge in [-0.2, -0.15) is 5.10 Å². The Bertz CT molecular complexity index is 342. The molecular weight excluding hydrogens is 176 g/mol. The molecule has 72 valence electrons. The number of hydrazone groups is 1. The van der Waals surface area contributed by atoms with Crippen molar-refractivity contribution in [3.63, 3.8) is 0 Å². The highest BCUT2D eigenvalue weighted by Crippen LogP contribution is 1.93. The van der Waals surface area contributed by atoms with Gasteiger partial charge in [-0.15, -0.1) is 0 Å². The maximum absolute atomic E-state index is 4.15. The van der Waals surface area contributed by atoms with Crippen LogP contribution in [0.3, 0.4) is 0 Å². The minimum Gasteiger partial charge on any atom is -0.353 e. The van der Waals surface area contributed by atoms with Gasteiger partial charge in [0.25, 0.3) is 0 Å². The second-order valence-electron chi connectivity index (χ2n) is 2.94. The Labute approximate surface area is 82.7 Å². The molecule has 0 saturated carbocycles. The van der Waals surface area contributed by atoms with Crippen LogP contribution in [-0.2, 0) is 0 Å². The average molecular weight is 188 g/mol. The topological polar surface area (TPSA) is 48.8 Å². The van der Waals surface area contributed by atoms with E-state index in [0.29, 0.717) is 0 Å². The molecule has 1 aliphatic heterocycles. The number of benzene rings is 1. The summed E-state index contributed by atoms with van der Waals surface area (Å²) < 4.78 is 0. The smallest absolute Gasteiger partial charge is 0.212 e. The second-order valence-corrected chi connectivity index (χ2v) is 2.94. The third-order valence-corrected chi connectivity index (χ3v) is 1.86. The molecule has 0 aromatic heterocycles. The van der Waals surface area contributed by atoms with Crippen LogP contribution >= 0.6 is 0 Å². The van der Waals surface area contributed by atoms with E-state index in [1.807, 2.05) is 30.3 Å². The highest BCUT2D eigenvalue weighted by atomic mass is 15.4. The summed E-state index contributed by atoms with van der Waals surface area (Å²) in [7, 11) is 0. The number of hydrogen-bond acceptors (Lipinski definition) is 4. The monoisotopic (exact) mass is 188 g/mol. The van der Waals surface area contributed by atoms with Crippen LogP contribution in [0.2, 0.25) is 0 Å². The lowest BCUT2D eigenvalue weighted by Gasteiger charge is -1.98. The fraction of sp³-hybridized carbons (Fsp3) is 0.200. The van der Waals surface area contributed by atoms with E-state index in [9.17, 15) is 0 Å². The minimum absolute atomic E-state index is 0.747. The fourth-order valence-electron chi connectivity index (χ4n) is 1.18. The molecular formula is C10H12N4. The maximum atomic E-state index is 4.15. The van der Waals surface area contributed by atoms with Crippen LogP contribution in [-0.4, -0.2) is 25.3 Å². The molecule has 0 bridgehead atoms. The van der Waals surface area contributed by atoms with E-state index in [-0.39, 0.29) is 0 Å². The number of guanidine groups is 1. The van der Waals surface area contributed by atoms with E-state index in [4.69, 9.17) is 0 Å². The summed E-state index contributed by atoms with van der Waals surface area (Å²) in [5.41, 5.74) is 3.91. The summed E-state index contributed by atoms with van der Waals surface area (Å²) in [6, 6.07) is 9.93. The molecule has 1 heterocycles. The molecule has 0 atom stereocenters. The van der Waals surface area contributed by atoms with Crippen molar-refractivity contribution in [2.24, 2.45) is 10.1 Å². The molecule has 4 nitrogen and oxygen atoms in total. The number of hydrogen-bond donors (Lipinski definition) is 2. The van der Waals surface area contributed by atoms with Crippen molar-refractivity contribution in [1.29, 1.82) is 0 Å². The number of nitrogens with zero attached hydrogens (tertiary/aromatic N) is 2. The van der Waals surface area contributed by atoms with Gasteiger partial charge in [0.2, 0.25) is 5.96 Å². The molecule has 0 aliphatic carbocycles. The molecule has 14 heavy (non-hydrogen) atoms. The Balaban J connectivity index is 1.88. The SMILES string of the molecule is C(=N/NC1=NCCN1)/c1ccccc1. The van der Waals surface area contributed by atoms with E-state index < -0.39 is 0 Å². The van der Waals surface area contributed by atoms with Crippen molar-refractivity contribution in [3.05, 3.63) is 35.9 Å². The molecule has 2 rings (SSSR count). The van der Waals surface area contributed by atoms with Gasteiger partial charge in [-0.3, -0.25) is 0 Å². The maximum Gasteiger partial charge on any atom is 0.212 e. The molecule has 0 fully saturated rings. The molecule has 1 aliphatic rings. The standard InChI is InChI=1S/C10H12N4/c1-2-4-9(5-3-1)8-13-14-10-11-6-7-12-10/h1-5,8H,6-7H2,(H2,11,12,14)/b13-8-. The Morgan fingerprint density at radius 3 is 2.93 bits per heavy atom. The number of nitrogens with one attached hydrogen (secondary N) is 2. The highest BCUT2D eigenvalue weighted by molar-refractivity contribution is 5.84. The van der Waals surface area contributed by atoms with Crippen LogP contribution in [0.1, 0.15) is 5.56 Å². The van der Waals surface area contributed by atoms with Crippen molar-refractivity contribution in [2.45, 2.75) is 0 Å². The van der Waals surface area contributed by atoms with Gasteiger partial charge >= 0.3 is 0 Å². The Kier molecular flexibility index (Phi) is 2.76. The summed E-state index contributed by atoms with van der Waals surface area (Å²) in [5.74, 6) is 0.747. The van der Waals surface area contributed by atoms with E-state index in [1.165, 1.54) is 0 Å². The van der Waals surface area contributed by atoms with E-state index in [1.54, 1.807) is 6.21 Å². The first-order chi connectivity index (χ1) is 6.95. The van der Waals surface area contributed by atoms with Gasteiger partial charge in [-0.25, -0.2) is 10.4 Å². The summed E-state index contributed by atoms with van der Waals surface area (Å²) in [5, 5.41) is 7.12. The highest BCUT2D eigenvalue weighted by Gasteiger charge is 2.00. The summed E-state index contributed by atoms with van der Waals surface area (Å²) >= 11 is 0. The Hall–Kier alpha value is -1.84. The molecule has 0 amide bonds. The number of rotatable bonds is 2. The predicted molar refractivity (Wildman–Crippen MR) is 57.5 cm³/mol. The summed E-state index contributed by atoms with van der Waals surface area (Å²) in [6.07, 6.45) is 1.77. The molecule has 2 N–H and O–H groups in total. The van der Waals surface area contributed by atoms with E-state index in [2.05, 4.69) is 20.8 Å². The summed E-state index contributed by atoms with van der Waals surface area (Å²) in [4.78, 5) is 4.15. The average Bonchev–Trinajstić information content (AvgIpc) is 2.72. The van der Waals surface area contributed by atoms with Crippen LogP contribution in [0, 0.1) is 0 Å². The predicted octanol–water partition coefficient (Wildman–Crippen LogP) is 0.569. The van der Waals surface area contributed by atoms with Crippen molar-refractivity contribution in [2.75, 3.05) is 13.1 Å². The third-order valence-electron chi connectivity index (χ3n) is 1.86. The van der Waals surface area contributed by atoms with Gasteiger partial charge in [0.15, 0.2) is 0 Å². The third kappa shape index (κ3) is 2.32. The number of aliphatic imine (C=N–C) groups is 1. The van der Waals surface area contributed by atoms with Gasteiger partial charge < -0.3 is 5.32 Å². The first-order valence-corrected chi connectivity index (χ1v) is 4.57. The lowest BCUT2D eigenvalue weighted by molar-refractivity contribution is 0.920. The van der Waals surface area contributed by atoms with Crippen LogP contribution in [0.4, 0.5) is 0 Å². The van der Waals surface area contributed by atoms with Gasteiger partial charge in [0.1, 0.15) is 0 Å². The Morgan fingerprint density at radius 1 is 1.36 bits per heavy atom. The zero-order valence-electron chi connectivity index (χ0n) is 7.77. The molecule has 4 heteroatoms. The first kappa shape index (κ1) is 8.74. The van der Waals surface area contributed by atoms with Crippen LogP contribution < -0.4 is 10.7 Å². The van der Waals surface area contributed by atoms with E-state index in [0.717, 1.165) is 24.6 Å². The zero-order valence-corrected chi connectivity index (χ0v) is 7.77. The van der Waals surface area contributed by atoms with Gasteiger partial charge in [-0.1, -0.05) is 30.3 Å². The van der Waals surface area contributed by atoms with Crippen LogP contribution in [0.15, 0.2) is 40.4 Å². The second kappa shape index (κ2) is 4.41. The van der Waals surface area contributed by atoms with Crippen LogP contribution in [0.25, 0.3) is 0 Å². The normalized spacial score (nSPS) is 15.3. The quantitative estimate of drug-likeness (QED) is 0.526. The van der Waals surface area contributed by atoms with Gasteiger partial charge in [-0.05, 0) is 5.56 Å².